The maximum Gasteiger partial charge on any atom is 0.323 e. The molecule has 0 radical (unpaired) electrons. The van der Waals surface area contributed by atoms with Gasteiger partial charge in [0, 0.05) is 22.6 Å². The van der Waals surface area contributed by atoms with Gasteiger partial charge in [0.05, 0.1) is 0 Å². The molecule has 3 rings (SSSR count). The number of nitrogens with one attached hydrogen (secondary N) is 3. The summed E-state index contributed by atoms with van der Waals surface area (Å²) in [4.78, 5) is 24.0. The summed E-state index contributed by atoms with van der Waals surface area (Å²) < 4.78 is 26.1. The Kier molecular flexibility index (Phi) is 5.41. The maximum atomic E-state index is 13.2. The summed E-state index contributed by atoms with van der Waals surface area (Å²) in [5.74, 6) is -2.68. The van der Waals surface area contributed by atoms with E-state index in [1.807, 2.05) is 6.07 Å². The van der Waals surface area contributed by atoms with E-state index in [1.165, 1.54) is 6.07 Å². The van der Waals surface area contributed by atoms with Crippen molar-refractivity contribution in [1.82, 2.24) is 0 Å². The lowest BCUT2D eigenvalue weighted by Gasteiger charge is -2.09. The Morgan fingerprint density at radius 2 is 1.19 bits per heavy atom. The van der Waals surface area contributed by atoms with Crippen LogP contribution in [0.4, 0.5) is 30.6 Å². The van der Waals surface area contributed by atoms with E-state index in [2.05, 4.69) is 16.0 Å². The Morgan fingerprint density at radius 3 is 1.78 bits per heavy atom. The van der Waals surface area contributed by atoms with Crippen molar-refractivity contribution >= 4 is 29.0 Å². The Balaban J connectivity index is 1.59. The minimum absolute atomic E-state index is 0.00154. The van der Waals surface area contributed by atoms with Crippen molar-refractivity contribution in [2.75, 3.05) is 16.0 Å². The fourth-order valence-corrected chi connectivity index (χ4v) is 2.29. The molecule has 0 fully saturated rings. The van der Waals surface area contributed by atoms with Gasteiger partial charge in [-0.3, -0.25) is 4.79 Å². The highest BCUT2D eigenvalue weighted by atomic mass is 19.2. The van der Waals surface area contributed by atoms with E-state index in [-0.39, 0.29) is 5.56 Å². The quantitative estimate of drug-likeness (QED) is 0.616. The molecule has 3 aromatic carbocycles. The first-order chi connectivity index (χ1) is 13.0. The fourth-order valence-electron chi connectivity index (χ4n) is 2.29. The van der Waals surface area contributed by atoms with Crippen LogP contribution < -0.4 is 16.0 Å². The van der Waals surface area contributed by atoms with Gasteiger partial charge in [-0.2, -0.15) is 0 Å². The minimum atomic E-state index is -1.09. The number of halogens is 2. The average Bonchev–Trinajstić information content (AvgIpc) is 2.66. The summed E-state index contributed by atoms with van der Waals surface area (Å²) in [6.07, 6.45) is 0. The van der Waals surface area contributed by atoms with E-state index in [0.29, 0.717) is 17.1 Å². The number of para-hydroxylation sites is 1. The molecule has 0 aromatic heterocycles. The summed E-state index contributed by atoms with van der Waals surface area (Å²) >= 11 is 0. The van der Waals surface area contributed by atoms with Crippen molar-refractivity contribution in [3.63, 3.8) is 0 Å². The number of amides is 3. The van der Waals surface area contributed by atoms with Gasteiger partial charge in [0.1, 0.15) is 0 Å². The number of hydrogen-bond donors (Lipinski definition) is 3. The number of urea groups is 1. The molecule has 3 amide bonds. The Bertz CT molecular complexity index is 961. The van der Waals surface area contributed by atoms with E-state index in [1.54, 1.807) is 48.5 Å². The van der Waals surface area contributed by atoms with Gasteiger partial charge in [-0.1, -0.05) is 18.2 Å². The molecule has 5 nitrogen and oxygen atoms in total. The van der Waals surface area contributed by atoms with E-state index >= 15 is 0 Å². The van der Waals surface area contributed by atoms with E-state index in [0.717, 1.165) is 12.1 Å². The number of carbonyl (C=O) groups is 2. The normalized spacial score (nSPS) is 10.1. The second-order valence-corrected chi connectivity index (χ2v) is 5.61. The highest BCUT2D eigenvalue weighted by Crippen LogP contribution is 2.16. The van der Waals surface area contributed by atoms with Crippen molar-refractivity contribution < 1.29 is 18.4 Å². The molecule has 7 heteroatoms. The van der Waals surface area contributed by atoms with Crippen LogP contribution in [-0.4, -0.2) is 11.9 Å². The topological polar surface area (TPSA) is 70.2 Å². The lowest BCUT2D eigenvalue weighted by molar-refractivity contribution is 0.102. The molecule has 0 aliphatic carbocycles. The van der Waals surface area contributed by atoms with Gasteiger partial charge < -0.3 is 16.0 Å². The highest BCUT2D eigenvalue weighted by Gasteiger charge is 2.10. The molecule has 0 saturated carbocycles. The van der Waals surface area contributed by atoms with Gasteiger partial charge in [-0.05, 0) is 54.6 Å². The standard InChI is InChI=1S/C20H15F2N3O2/c21-17-11-6-13(12-18(17)22)19(26)23-15-7-9-16(10-8-15)25-20(27)24-14-4-2-1-3-5-14/h1-12H,(H,23,26)(H2,24,25,27). The third-order valence-corrected chi connectivity index (χ3v) is 3.61. The smallest absolute Gasteiger partial charge is 0.322 e. The first kappa shape index (κ1) is 18.1. The molecule has 3 aromatic rings. The third-order valence-electron chi connectivity index (χ3n) is 3.61. The van der Waals surface area contributed by atoms with Crippen LogP contribution >= 0.6 is 0 Å². The summed E-state index contributed by atoms with van der Waals surface area (Å²) in [7, 11) is 0. The molecule has 0 bridgehead atoms. The first-order valence-corrected chi connectivity index (χ1v) is 8.01. The van der Waals surface area contributed by atoms with Crippen molar-refractivity contribution in [2.24, 2.45) is 0 Å². The SMILES string of the molecule is O=C(Nc1ccccc1)Nc1ccc(NC(=O)c2ccc(F)c(F)c2)cc1. The largest absolute Gasteiger partial charge is 0.323 e. The van der Waals surface area contributed by atoms with Gasteiger partial charge in [-0.15, -0.1) is 0 Å². The highest BCUT2D eigenvalue weighted by molar-refractivity contribution is 6.04. The molecule has 0 aliphatic rings. The van der Waals surface area contributed by atoms with Crippen LogP contribution in [0.5, 0.6) is 0 Å². The second-order valence-electron chi connectivity index (χ2n) is 5.61. The molecular weight excluding hydrogens is 352 g/mol. The minimum Gasteiger partial charge on any atom is -0.322 e. The molecule has 136 valence electrons. The monoisotopic (exact) mass is 367 g/mol. The number of rotatable bonds is 4. The average molecular weight is 367 g/mol. The van der Waals surface area contributed by atoms with Crippen molar-refractivity contribution in [1.29, 1.82) is 0 Å². The predicted molar refractivity (Wildman–Crippen MR) is 99.8 cm³/mol. The lowest BCUT2D eigenvalue weighted by atomic mass is 10.2. The zero-order valence-electron chi connectivity index (χ0n) is 14.0. The van der Waals surface area contributed by atoms with E-state index in [4.69, 9.17) is 0 Å². The molecular formula is C20H15F2N3O2. The fraction of sp³-hybridized carbons (Fsp3) is 0. The van der Waals surface area contributed by atoms with Crippen LogP contribution in [0.1, 0.15) is 10.4 Å². The second kappa shape index (κ2) is 8.09. The summed E-state index contributed by atoms with van der Waals surface area (Å²) in [5, 5.41) is 7.91. The Hall–Kier alpha value is -3.74. The van der Waals surface area contributed by atoms with Gasteiger partial charge >= 0.3 is 6.03 Å². The van der Waals surface area contributed by atoms with Gasteiger partial charge in [-0.25, -0.2) is 13.6 Å². The molecule has 0 aliphatic heterocycles. The maximum absolute atomic E-state index is 13.2. The third kappa shape index (κ3) is 4.88. The van der Waals surface area contributed by atoms with E-state index < -0.39 is 23.6 Å². The Labute approximate surface area is 154 Å². The predicted octanol–water partition coefficient (Wildman–Crippen LogP) is 4.86. The first-order valence-electron chi connectivity index (χ1n) is 8.01. The molecule has 27 heavy (non-hydrogen) atoms. The number of hydrogen-bond acceptors (Lipinski definition) is 2. The lowest BCUT2D eigenvalue weighted by Crippen LogP contribution is -2.19. The molecule has 0 spiro atoms. The molecule has 0 heterocycles. The van der Waals surface area contributed by atoms with Crippen molar-refractivity contribution in [2.45, 2.75) is 0 Å². The number of carbonyl (C=O) groups excluding carboxylic acids is 2. The van der Waals surface area contributed by atoms with Crippen LogP contribution in [-0.2, 0) is 0 Å². The van der Waals surface area contributed by atoms with Crippen LogP contribution in [0.25, 0.3) is 0 Å². The number of benzene rings is 3. The molecule has 0 atom stereocenters. The van der Waals surface area contributed by atoms with Gasteiger partial charge in [0.15, 0.2) is 11.6 Å². The molecule has 0 saturated heterocycles. The summed E-state index contributed by atoms with van der Waals surface area (Å²) in [5.41, 5.74) is 1.62. The van der Waals surface area contributed by atoms with Crippen LogP contribution in [0.2, 0.25) is 0 Å². The van der Waals surface area contributed by atoms with Crippen LogP contribution in [0, 0.1) is 11.6 Å². The van der Waals surface area contributed by atoms with Crippen LogP contribution in [0.15, 0.2) is 72.8 Å². The zero-order valence-corrected chi connectivity index (χ0v) is 14.0. The van der Waals surface area contributed by atoms with Crippen molar-refractivity contribution in [3.8, 4) is 0 Å². The van der Waals surface area contributed by atoms with Crippen LogP contribution in [0.3, 0.4) is 0 Å². The number of anilines is 3. The molecule has 0 unspecified atom stereocenters. The zero-order chi connectivity index (χ0) is 19.2. The van der Waals surface area contributed by atoms with Crippen molar-refractivity contribution in [3.05, 3.63) is 90.0 Å². The van der Waals surface area contributed by atoms with Gasteiger partial charge in [0.2, 0.25) is 0 Å². The summed E-state index contributed by atoms with van der Waals surface area (Å²) in [6, 6.07) is 17.8. The summed E-state index contributed by atoms with van der Waals surface area (Å²) in [6.45, 7) is 0. The van der Waals surface area contributed by atoms with E-state index in [9.17, 15) is 18.4 Å². The van der Waals surface area contributed by atoms with Gasteiger partial charge in [0.25, 0.3) is 5.91 Å². The molecule has 3 N–H and O–H groups in total. The Morgan fingerprint density at radius 1 is 0.630 bits per heavy atom.